The maximum absolute atomic E-state index is 13.1. The molecule has 0 bridgehead atoms. The minimum atomic E-state index is -1.79. The number of nitrogens with one attached hydrogen (secondary N) is 1. The predicted molar refractivity (Wildman–Crippen MR) is 113 cm³/mol. The van der Waals surface area contributed by atoms with Crippen molar-refractivity contribution in [3.8, 4) is 0 Å². The fourth-order valence-corrected chi connectivity index (χ4v) is 2.71. The molecule has 0 fully saturated rings. The lowest BCUT2D eigenvalue weighted by atomic mass is 10.1. The van der Waals surface area contributed by atoms with E-state index in [1.165, 1.54) is 13.8 Å². The molecule has 0 heterocycles. The van der Waals surface area contributed by atoms with Crippen LogP contribution in [-0.2, 0) is 33.5 Å². The summed E-state index contributed by atoms with van der Waals surface area (Å²) in [6, 6.07) is -4.38. The first-order valence-corrected chi connectivity index (χ1v) is 10.5. The zero-order chi connectivity index (χ0) is 24.3. The molecule has 4 N–H and O–H groups in total. The number of nitrogens with zero attached hydrogens (tertiary/aromatic N) is 1. The number of amides is 3. The minimum Gasteiger partial charge on any atom is -0.480 e. The maximum Gasteiger partial charge on any atom is 0.337 e. The van der Waals surface area contributed by atoms with Crippen molar-refractivity contribution in [3.63, 3.8) is 0 Å². The van der Waals surface area contributed by atoms with Crippen molar-refractivity contribution >= 4 is 48.1 Å². The standard InChI is InChI=1S/C19H31N3O8S/c1-5-13(23)16(19(29)30-10(3)4)22(15(25)6-2)17(26)12(9-31)21-14(24)8-7-11(20)18(27)28/h10-12,16,31H,5-9,20H2,1-4H3,(H,21,24)(H,27,28). The van der Waals surface area contributed by atoms with Gasteiger partial charge in [-0.25, -0.2) is 4.79 Å². The normalized spacial score (nSPS) is 13.6. The number of esters is 1. The van der Waals surface area contributed by atoms with Crippen LogP contribution in [0.1, 0.15) is 53.4 Å². The Hall–Kier alpha value is -2.47. The lowest BCUT2D eigenvalue weighted by Gasteiger charge is -2.30. The van der Waals surface area contributed by atoms with E-state index in [0.717, 1.165) is 0 Å². The average molecular weight is 462 g/mol. The number of Topliss-reactive ketones (excluding diaryl/α,β-unsaturated/α-hetero) is 1. The molecule has 11 nitrogen and oxygen atoms in total. The second-order valence-corrected chi connectivity index (χ2v) is 7.31. The Morgan fingerprint density at radius 3 is 2.10 bits per heavy atom. The van der Waals surface area contributed by atoms with Crippen LogP contribution in [0.3, 0.4) is 0 Å². The lowest BCUT2D eigenvalue weighted by Crippen LogP contribution is -2.59. The molecule has 0 radical (unpaired) electrons. The molecule has 0 rings (SSSR count). The molecule has 0 aliphatic carbocycles. The number of nitrogens with two attached hydrogens (primary N) is 1. The third-order valence-electron chi connectivity index (χ3n) is 4.11. The SMILES string of the molecule is CCC(=O)C(C(=O)OC(C)C)N(C(=O)CC)C(=O)C(CS)NC(=O)CCC(N)C(=O)O. The van der Waals surface area contributed by atoms with E-state index in [4.69, 9.17) is 15.6 Å². The van der Waals surface area contributed by atoms with Gasteiger partial charge in [0.25, 0.3) is 5.91 Å². The van der Waals surface area contributed by atoms with Crippen LogP contribution in [0, 0.1) is 0 Å². The van der Waals surface area contributed by atoms with E-state index in [0.29, 0.717) is 4.90 Å². The average Bonchev–Trinajstić information content (AvgIpc) is 2.71. The molecule has 0 aromatic rings. The summed E-state index contributed by atoms with van der Waals surface area (Å²) >= 11 is 4.02. The zero-order valence-corrected chi connectivity index (χ0v) is 19.0. The zero-order valence-electron chi connectivity index (χ0n) is 18.1. The van der Waals surface area contributed by atoms with Gasteiger partial charge >= 0.3 is 11.9 Å². The number of rotatable bonds is 13. The highest BCUT2D eigenvalue weighted by atomic mass is 32.1. The number of carboxylic acid groups (broad SMARTS) is 1. The molecule has 0 saturated heterocycles. The summed E-state index contributed by atoms with van der Waals surface area (Å²) in [5.41, 5.74) is 5.35. The van der Waals surface area contributed by atoms with E-state index in [2.05, 4.69) is 17.9 Å². The van der Waals surface area contributed by atoms with Crippen LogP contribution < -0.4 is 11.1 Å². The number of carboxylic acids is 1. The summed E-state index contributed by atoms with van der Waals surface area (Å²) < 4.78 is 5.06. The first-order valence-electron chi connectivity index (χ1n) is 9.88. The van der Waals surface area contributed by atoms with E-state index < -0.39 is 59.7 Å². The molecule has 0 saturated carbocycles. The number of hydrogen-bond acceptors (Lipinski definition) is 9. The van der Waals surface area contributed by atoms with Crippen LogP contribution >= 0.6 is 12.6 Å². The van der Waals surface area contributed by atoms with Crippen molar-refractivity contribution in [3.05, 3.63) is 0 Å². The van der Waals surface area contributed by atoms with Crippen LogP contribution in [0.25, 0.3) is 0 Å². The van der Waals surface area contributed by atoms with Gasteiger partial charge in [-0.3, -0.25) is 28.9 Å². The van der Waals surface area contributed by atoms with Crippen molar-refractivity contribution in [1.82, 2.24) is 10.2 Å². The number of carbonyl (C=O) groups is 6. The molecule has 0 aliphatic heterocycles. The fourth-order valence-electron chi connectivity index (χ4n) is 2.47. The number of thiol groups is 1. The van der Waals surface area contributed by atoms with E-state index in [-0.39, 0.29) is 31.4 Å². The third-order valence-corrected chi connectivity index (χ3v) is 4.48. The van der Waals surface area contributed by atoms with Crippen LogP contribution in [-0.4, -0.2) is 75.4 Å². The third kappa shape index (κ3) is 9.05. The molecule has 3 amide bonds. The molecular weight excluding hydrogens is 430 g/mol. The summed E-state index contributed by atoms with van der Waals surface area (Å²) in [5.74, 6) is -5.76. The topological polar surface area (TPSA) is 173 Å². The lowest BCUT2D eigenvalue weighted by molar-refractivity contribution is -0.167. The van der Waals surface area contributed by atoms with E-state index >= 15 is 0 Å². The highest BCUT2D eigenvalue weighted by Gasteiger charge is 2.42. The van der Waals surface area contributed by atoms with Crippen molar-refractivity contribution in [2.75, 3.05) is 5.75 Å². The van der Waals surface area contributed by atoms with E-state index in [1.54, 1.807) is 13.8 Å². The Labute approximate surface area is 186 Å². The summed E-state index contributed by atoms with van der Waals surface area (Å²) in [6.07, 6.45) is -1.38. The molecule has 3 atom stereocenters. The van der Waals surface area contributed by atoms with Gasteiger partial charge in [0, 0.05) is 25.0 Å². The van der Waals surface area contributed by atoms with Crippen molar-refractivity contribution in [2.24, 2.45) is 5.73 Å². The number of carbonyl (C=O) groups excluding carboxylic acids is 5. The van der Waals surface area contributed by atoms with Crippen LogP contribution in [0.4, 0.5) is 0 Å². The second-order valence-electron chi connectivity index (χ2n) is 6.95. The van der Waals surface area contributed by atoms with Crippen molar-refractivity contribution < 1.29 is 38.6 Å². The van der Waals surface area contributed by atoms with Crippen LogP contribution in [0.5, 0.6) is 0 Å². The Balaban J connectivity index is 5.75. The molecule has 176 valence electrons. The Kier molecular flexibility index (Phi) is 12.7. The molecule has 31 heavy (non-hydrogen) atoms. The summed E-state index contributed by atoms with van der Waals surface area (Å²) in [5, 5.41) is 11.1. The molecule has 0 aromatic carbocycles. The Bertz CT molecular complexity index is 698. The molecule has 0 spiro atoms. The van der Waals surface area contributed by atoms with Gasteiger partial charge in [0.15, 0.2) is 11.8 Å². The van der Waals surface area contributed by atoms with Gasteiger partial charge in [0.1, 0.15) is 12.1 Å². The Morgan fingerprint density at radius 2 is 1.68 bits per heavy atom. The minimum absolute atomic E-state index is 0.135. The van der Waals surface area contributed by atoms with Crippen LogP contribution in [0.2, 0.25) is 0 Å². The Morgan fingerprint density at radius 1 is 1.10 bits per heavy atom. The number of ketones is 1. The smallest absolute Gasteiger partial charge is 0.337 e. The monoisotopic (exact) mass is 461 g/mol. The summed E-state index contributed by atoms with van der Waals surface area (Å²) in [4.78, 5) is 74.0. The van der Waals surface area contributed by atoms with Gasteiger partial charge in [-0.1, -0.05) is 13.8 Å². The fraction of sp³-hybridized carbons (Fsp3) is 0.684. The quantitative estimate of drug-likeness (QED) is 0.162. The predicted octanol–water partition coefficient (Wildman–Crippen LogP) is -0.342. The summed E-state index contributed by atoms with van der Waals surface area (Å²) in [7, 11) is 0. The first kappa shape index (κ1) is 28.5. The number of hydrogen-bond donors (Lipinski definition) is 4. The van der Waals surface area contributed by atoms with Gasteiger partial charge in [0.2, 0.25) is 11.8 Å². The first-order chi connectivity index (χ1) is 14.4. The summed E-state index contributed by atoms with van der Waals surface area (Å²) in [6.45, 7) is 6.03. The van der Waals surface area contributed by atoms with Gasteiger partial charge in [-0.15, -0.1) is 0 Å². The highest BCUT2D eigenvalue weighted by Crippen LogP contribution is 2.13. The molecule has 3 unspecified atom stereocenters. The number of ether oxygens (including phenoxy) is 1. The van der Waals surface area contributed by atoms with Gasteiger partial charge in [-0.05, 0) is 20.3 Å². The van der Waals surface area contributed by atoms with Gasteiger partial charge in [0.05, 0.1) is 6.10 Å². The van der Waals surface area contributed by atoms with Gasteiger partial charge < -0.3 is 20.9 Å². The molecular formula is C19H31N3O8S. The van der Waals surface area contributed by atoms with Crippen LogP contribution in [0.15, 0.2) is 0 Å². The van der Waals surface area contributed by atoms with Crippen molar-refractivity contribution in [2.45, 2.75) is 77.6 Å². The molecule has 0 aromatic heterocycles. The molecule has 0 aliphatic rings. The van der Waals surface area contributed by atoms with Gasteiger partial charge in [-0.2, -0.15) is 12.6 Å². The maximum atomic E-state index is 13.1. The number of imide groups is 1. The second kappa shape index (κ2) is 13.8. The largest absolute Gasteiger partial charge is 0.480 e. The van der Waals surface area contributed by atoms with E-state index in [9.17, 15) is 28.8 Å². The number of aliphatic carboxylic acids is 1. The van der Waals surface area contributed by atoms with Crippen molar-refractivity contribution in [1.29, 1.82) is 0 Å². The van der Waals surface area contributed by atoms with E-state index in [1.807, 2.05) is 0 Å². The highest BCUT2D eigenvalue weighted by molar-refractivity contribution is 7.80. The molecule has 12 heteroatoms.